The Morgan fingerprint density at radius 2 is 1.62 bits per heavy atom. The molecule has 0 fully saturated rings. The number of carboxylic acid groups (broad SMARTS) is 1. The van der Waals surface area contributed by atoms with Crippen molar-refractivity contribution in [3.63, 3.8) is 0 Å². The monoisotopic (exact) mass is 433 g/mol. The van der Waals surface area contributed by atoms with Crippen LogP contribution in [0.4, 0.5) is 5.69 Å². The summed E-state index contributed by atoms with van der Waals surface area (Å²) in [6.07, 6.45) is 0.299. The summed E-state index contributed by atoms with van der Waals surface area (Å²) in [6, 6.07) is 20.7. The highest BCUT2D eigenvalue weighted by molar-refractivity contribution is 6.06. The highest BCUT2D eigenvalue weighted by Gasteiger charge is 2.21. The van der Waals surface area contributed by atoms with Gasteiger partial charge in [0.15, 0.2) is 0 Å². The molecule has 0 aliphatic rings. The number of carbonyl (C=O) groups excluding carboxylic acids is 1. The van der Waals surface area contributed by atoms with E-state index >= 15 is 0 Å². The van der Waals surface area contributed by atoms with Crippen LogP contribution in [0, 0.1) is 6.92 Å². The lowest BCUT2D eigenvalue weighted by Crippen LogP contribution is -2.32. The van der Waals surface area contributed by atoms with Gasteiger partial charge in [-0.3, -0.25) is 9.59 Å². The third-order valence-corrected chi connectivity index (χ3v) is 5.25. The molecule has 6 heteroatoms. The molecule has 0 atom stereocenters. The summed E-state index contributed by atoms with van der Waals surface area (Å²) in [7, 11) is 3.15. The van der Waals surface area contributed by atoms with Gasteiger partial charge in [-0.1, -0.05) is 36.4 Å². The van der Waals surface area contributed by atoms with Gasteiger partial charge in [-0.05, 0) is 48.7 Å². The van der Waals surface area contributed by atoms with Crippen LogP contribution in [0.1, 0.15) is 28.8 Å². The lowest BCUT2D eigenvalue weighted by Gasteiger charge is -2.24. The van der Waals surface area contributed by atoms with E-state index in [1.165, 1.54) is 0 Å². The van der Waals surface area contributed by atoms with Crippen molar-refractivity contribution in [3.05, 3.63) is 77.9 Å². The largest absolute Gasteiger partial charge is 0.496 e. The molecule has 0 saturated carbocycles. The van der Waals surface area contributed by atoms with Crippen LogP contribution < -0.4 is 14.4 Å². The molecule has 3 aromatic carbocycles. The molecule has 0 spiro atoms. The van der Waals surface area contributed by atoms with Gasteiger partial charge in [0.25, 0.3) is 5.91 Å². The molecular formula is C26H27NO5. The molecule has 0 saturated heterocycles. The Balaban J connectivity index is 1.99. The number of nitrogens with zero attached hydrogens (tertiary/aromatic N) is 1. The molecule has 0 aliphatic heterocycles. The number of rotatable bonds is 9. The predicted molar refractivity (Wildman–Crippen MR) is 125 cm³/mol. The van der Waals surface area contributed by atoms with Crippen molar-refractivity contribution in [2.45, 2.75) is 19.8 Å². The number of benzene rings is 3. The Kier molecular flexibility index (Phi) is 7.49. The molecule has 166 valence electrons. The van der Waals surface area contributed by atoms with Crippen LogP contribution in [0.25, 0.3) is 11.1 Å². The number of aliphatic carboxylic acids is 1. The zero-order valence-corrected chi connectivity index (χ0v) is 18.5. The predicted octanol–water partition coefficient (Wildman–Crippen LogP) is 5.19. The van der Waals surface area contributed by atoms with Crippen LogP contribution in [0.3, 0.4) is 0 Å². The number of anilines is 1. The maximum Gasteiger partial charge on any atom is 0.303 e. The van der Waals surface area contributed by atoms with Crippen LogP contribution in [0.15, 0.2) is 66.7 Å². The SMILES string of the molecule is COc1cc(C(=O)N(CCCC(=O)O)c2ccc(-c3ccccc3)c(OC)c2)ccc1C. The molecule has 3 rings (SSSR count). The number of aryl methyl sites for hydroxylation is 1. The van der Waals surface area contributed by atoms with Gasteiger partial charge in [-0.15, -0.1) is 0 Å². The lowest BCUT2D eigenvalue weighted by atomic mass is 10.0. The molecule has 0 bridgehead atoms. The number of amides is 1. The van der Waals surface area contributed by atoms with Gasteiger partial charge in [-0.25, -0.2) is 0 Å². The molecular weight excluding hydrogens is 406 g/mol. The fraction of sp³-hybridized carbons (Fsp3) is 0.231. The topological polar surface area (TPSA) is 76.1 Å². The molecule has 0 aliphatic carbocycles. The standard InChI is InChI=1S/C26H27NO5/c1-18-11-12-20(16-23(18)31-2)26(30)27(15-7-10-25(28)29)21-13-14-22(24(17-21)32-3)19-8-5-4-6-9-19/h4-6,8-9,11-14,16-17H,7,10,15H2,1-3H3,(H,28,29). The molecule has 1 N–H and O–H groups in total. The Morgan fingerprint density at radius 1 is 0.906 bits per heavy atom. The van der Waals surface area contributed by atoms with E-state index in [1.807, 2.05) is 61.5 Å². The zero-order chi connectivity index (χ0) is 23.1. The van der Waals surface area contributed by atoms with Gasteiger partial charge in [-0.2, -0.15) is 0 Å². The summed E-state index contributed by atoms with van der Waals surface area (Å²) in [6.45, 7) is 2.17. The number of carbonyl (C=O) groups is 2. The summed E-state index contributed by atoms with van der Waals surface area (Å²) in [5.41, 5.74) is 3.94. The summed E-state index contributed by atoms with van der Waals surface area (Å²) >= 11 is 0. The molecule has 0 unspecified atom stereocenters. The minimum atomic E-state index is -0.897. The third-order valence-electron chi connectivity index (χ3n) is 5.25. The van der Waals surface area contributed by atoms with Crippen LogP contribution in [0.2, 0.25) is 0 Å². The average molecular weight is 434 g/mol. The maximum absolute atomic E-state index is 13.4. The molecule has 32 heavy (non-hydrogen) atoms. The lowest BCUT2D eigenvalue weighted by molar-refractivity contribution is -0.137. The van der Waals surface area contributed by atoms with E-state index in [2.05, 4.69) is 0 Å². The smallest absolute Gasteiger partial charge is 0.303 e. The summed E-state index contributed by atoms with van der Waals surface area (Å²) in [5.74, 6) is 0.124. The van der Waals surface area contributed by atoms with E-state index < -0.39 is 5.97 Å². The van der Waals surface area contributed by atoms with Crippen molar-refractivity contribution in [3.8, 4) is 22.6 Å². The van der Waals surface area contributed by atoms with E-state index in [0.29, 0.717) is 29.2 Å². The second-order valence-corrected chi connectivity index (χ2v) is 7.39. The first kappa shape index (κ1) is 22.9. The number of hydrogen-bond acceptors (Lipinski definition) is 4. The van der Waals surface area contributed by atoms with Gasteiger partial charge < -0.3 is 19.5 Å². The van der Waals surface area contributed by atoms with Gasteiger partial charge in [0.05, 0.1) is 14.2 Å². The first-order valence-corrected chi connectivity index (χ1v) is 10.4. The number of ether oxygens (including phenoxy) is 2. The zero-order valence-electron chi connectivity index (χ0n) is 18.5. The molecule has 6 nitrogen and oxygen atoms in total. The van der Waals surface area contributed by atoms with Crippen molar-refractivity contribution in [2.75, 3.05) is 25.7 Å². The highest BCUT2D eigenvalue weighted by atomic mass is 16.5. The first-order valence-electron chi connectivity index (χ1n) is 10.4. The van der Waals surface area contributed by atoms with E-state index in [9.17, 15) is 9.59 Å². The maximum atomic E-state index is 13.4. The van der Waals surface area contributed by atoms with Crippen LogP contribution >= 0.6 is 0 Å². The summed E-state index contributed by atoms with van der Waals surface area (Å²) in [4.78, 5) is 26.1. The fourth-order valence-electron chi connectivity index (χ4n) is 3.55. The average Bonchev–Trinajstić information content (AvgIpc) is 2.81. The van der Waals surface area contributed by atoms with Gasteiger partial charge >= 0.3 is 5.97 Å². The van der Waals surface area contributed by atoms with E-state index in [1.54, 1.807) is 31.3 Å². The number of carboxylic acids is 1. The van der Waals surface area contributed by atoms with Crippen molar-refractivity contribution < 1.29 is 24.2 Å². The summed E-state index contributed by atoms with van der Waals surface area (Å²) < 4.78 is 11.0. The van der Waals surface area contributed by atoms with Gasteiger partial charge in [0, 0.05) is 35.8 Å². The van der Waals surface area contributed by atoms with Crippen molar-refractivity contribution in [2.24, 2.45) is 0 Å². The normalized spacial score (nSPS) is 10.5. The van der Waals surface area contributed by atoms with Crippen molar-refractivity contribution in [1.82, 2.24) is 0 Å². The highest BCUT2D eigenvalue weighted by Crippen LogP contribution is 2.34. The van der Waals surface area contributed by atoms with Crippen LogP contribution in [-0.4, -0.2) is 37.7 Å². The quantitative estimate of drug-likeness (QED) is 0.503. The van der Waals surface area contributed by atoms with Crippen molar-refractivity contribution >= 4 is 17.6 Å². The Hall–Kier alpha value is -3.80. The van der Waals surface area contributed by atoms with Gasteiger partial charge in [0.1, 0.15) is 11.5 Å². The van der Waals surface area contributed by atoms with E-state index in [4.69, 9.17) is 14.6 Å². The van der Waals surface area contributed by atoms with E-state index in [-0.39, 0.29) is 18.9 Å². The van der Waals surface area contributed by atoms with Crippen LogP contribution in [-0.2, 0) is 4.79 Å². The minimum absolute atomic E-state index is 0.0275. The first-order chi connectivity index (χ1) is 15.4. The molecule has 1 amide bonds. The molecule has 3 aromatic rings. The van der Waals surface area contributed by atoms with Crippen LogP contribution in [0.5, 0.6) is 11.5 Å². The second-order valence-electron chi connectivity index (χ2n) is 7.39. The second kappa shape index (κ2) is 10.5. The Morgan fingerprint density at radius 3 is 2.28 bits per heavy atom. The van der Waals surface area contributed by atoms with Gasteiger partial charge in [0.2, 0.25) is 0 Å². The Labute approximate surface area is 188 Å². The Bertz CT molecular complexity index is 1090. The minimum Gasteiger partial charge on any atom is -0.496 e. The van der Waals surface area contributed by atoms with Crippen molar-refractivity contribution in [1.29, 1.82) is 0 Å². The fourth-order valence-corrected chi connectivity index (χ4v) is 3.55. The summed E-state index contributed by atoms with van der Waals surface area (Å²) in [5, 5.41) is 9.06. The molecule has 0 heterocycles. The number of methoxy groups -OCH3 is 2. The molecule has 0 aromatic heterocycles. The third kappa shape index (κ3) is 5.27. The van der Waals surface area contributed by atoms with E-state index in [0.717, 1.165) is 16.7 Å². The number of hydrogen-bond donors (Lipinski definition) is 1. The molecule has 0 radical (unpaired) electrons.